The monoisotopic (exact) mass is 494 g/mol. The molecule has 0 bridgehead atoms. The Bertz CT molecular complexity index is 1270. The van der Waals surface area contributed by atoms with Crippen LogP contribution >= 0.6 is 0 Å². The van der Waals surface area contributed by atoms with Crippen LogP contribution in [-0.2, 0) is 17.7 Å². The Labute approximate surface area is 221 Å². The van der Waals surface area contributed by atoms with Crippen LogP contribution in [0.4, 0.5) is 5.69 Å². The van der Waals surface area contributed by atoms with Crippen LogP contribution in [0.15, 0.2) is 77.8 Å². The standard InChI is InChI=1S/C33H38N2O2/c1-24-7-11-27(12-8-24)28-14-13-26-5-4-6-29(22-30(26)21-28)33(36)34-31-15-9-25(10-16-31)23-35(2,3)32-17-19-37-20-18-32/h4-5,7-16,21,29,32H,6,17-20,22-23H2,1-3H3. The van der Waals surface area contributed by atoms with Gasteiger partial charge in [0, 0.05) is 18.4 Å². The second-order valence-corrected chi connectivity index (χ2v) is 11.2. The van der Waals surface area contributed by atoms with Crippen molar-refractivity contribution in [1.29, 1.82) is 0 Å². The van der Waals surface area contributed by atoms with Crippen molar-refractivity contribution in [1.82, 2.24) is 0 Å². The molecule has 1 aliphatic carbocycles. The molecule has 0 amide bonds. The highest BCUT2D eigenvalue weighted by atomic mass is 16.5. The lowest BCUT2D eigenvalue weighted by Crippen LogP contribution is -2.50. The van der Waals surface area contributed by atoms with Gasteiger partial charge < -0.3 is 14.3 Å². The van der Waals surface area contributed by atoms with Gasteiger partial charge in [-0.05, 0) is 66.0 Å². The van der Waals surface area contributed by atoms with Crippen molar-refractivity contribution < 1.29 is 14.3 Å². The molecular weight excluding hydrogens is 456 g/mol. The maximum Gasteiger partial charge on any atom is 0.104 e. The average Bonchev–Trinajstić information content (AvgIpc) is 3.13. The molecule has 0 radical (unpaired) electrons. The highest BCUT2D eigenvalue weighted by Crippen LogP contribution is 2.29. The van der Waals surface area contributed by atoms with E-state index in [1.54, 1.807) is 0 Å². The van der Waals surface area contributed by atoms with Gasteiger partial charge in [-0.1, -0.05) is 72.3 Å². The molecule has 192 valence electrons. The minimum atomic E-state index is -0.144. The molecule has 4 heteroatoms. The summed E-state index contributed by atoms with van der Waals surface area (Å²) in [6.45, 7) is 4.79. The van der Waals surface area contributed by atoms with Crippen LogP contribution in [-0.4, -0.2) is 43.7 Å². The molecule has 0 N–H and O–H groups in total. The van der Waals surface area contributed by atoms with Gasteiger partial charge in [-0.25, -0.2) is 0 Å². The van der Waals surface area contributed by atoms with Crippen LogP contribution in [0.5, 0.6) is 0 Å². The number of aryl methyl sites for hydroxylation is 1. The lowest BCUT2D eigenvalue weighted by Gasteiger charge is -2.40. The predicted molar refractivity (Wildman–Crippen MR) is 151 cm³/mol. The van der Waals surface area contributed by atoms with Crippen molar-refractivity contribution in [2.45, 2.75) is 45.2 Å². The third kappa shape index (κ3) is 6.20. The van der Waals surface area contributed by atoms with E-state index in [-0.39, 0.29) is 11.8 Å². The van der Waals surface area contributed by atoms with Gasteiger partial charge in [0.25, 0.3) is 0 Å². The number of nitrogens with zero attached hydrogens (tertiary/aromatic N) is 2. The van der Waals surface area contributed by atoms with Crippen molar-refractivity contribution in [3.63, 3.8) is 0 Å². The molecule has 1 heterocycles. The molecule has 0 spiro atoms. The van der Waals surface area contributed by atoms with Crippen molar-refractivity contribution >= 4 is 17.7 Å². The molecule has 1 saturated heterocycles. The number of ether oxygens (including phenoxy) is 1. The van der Waals surface area contributed by atoms with Gasteiger partial charge in [0.2, 0.25) is 0 Å². The number of rotatable bonds is 6. The van der Waals surface area contributed by atoms with Crippen molar-refractivity contribution in [2.75, 3.05) is 27.3 Å². The number of aliphatic imine (C=N–C) groups is 1. The third-order valence-corrected chi connectivity index (χ3v) is 8.01. The Morgan fingerprint density at radius 2 is 1.65 bits per heavy atom. The normalized spacial score (nSPS) is 18.9. The zero-order valence-electron chi connectivity index (χ0n) is 22.3. The maximum atomic E-state index is 13.2. The van der Waals surface area contributed by atoms with Crippen LogP contribution in [0.1, 0.15) is 41.5 Å². The highest BCUT2D eigenvalue weighted by Gasteiger charge is 2.30. The summed E-state index contributed by atoms with van der Waals surface area (Å²) >= 11 is 0. The molecule has 1 unspecified atom stereocenters. The molecule has 4 nitrogen and oxygen atoms in total. The van der Waals surface area contributed by atoms with Crippen LogP contribution in [0.25, 0.3) is 17.2 Å². The first-order valence-electron chi connectivity index (χ1n) is 13.5. The smallest absolute Gasteiger partial charge is 0.104 e. The Morgan fingerprint density at radius 3 is 2.38 bits per heavy atom. The van der Waals surface area contributed by atoms with Gasteiger partial charge in [0.15, 0.2) is 0 Å². The van der Waals surface area contributed by atoms with Crippen LogP contribution < -0.4 is 5.11 Å². The third-order valence-electron chi connectivity index (χ3n) is 8.01. The molecule has 3 aromatic rings. The average molecular weight is 495 g/mol. The first-order chi connectivity index (χ1) is 17.9. The second kappa shape index (κ2) is 11.0. The van der Waals surface area contributed by atoms with E-state index in [1.807, 2.05) is 12.1 Å². The van der Waals surface area contributed by atoms with Crippen LogP contribution in [0.3, 0.4) is 0 Å². The van der Waals surface area contributed by atoms with Crippen LogP contribution in [0, 0.1) is 12.8 Å². The first-order valence-corrected chi connectivity index (χ1v) is 13.5. The molecular formula is C33H38N2O2. The number of benzene rings is 3. The summed E-state index contributed by atoms with van der Waals surface area (Å²) in [7, 11) is 4.61. The maximum absolute atomic E-state index is 13.2. The number of hydrogen-bond acceptors (Lipinski definition) is 3. The van der Waals surface area contributed by atoms with Gasteiger partial charge in [-0.2, -0.15) is 0 Å². The van der Waals surface area contributed by atoms with Gasteiger partial charge in [0.05, 0.1) is 39.0 Å². The fourth-order valence-corrected chi connectivity index (χ4v) is 5.65. The minimum Gasteiger partial charge on any atom is -0.861 e. The van der Waals surface area contributed by atoms with Crippen LogP contribution in [0.2, 0.25) is 0 Å². The lowest BCUT2D eigenvalue weighted by atomic mass is 9.93. The van der Waals surface area contributed by atoms with E-state index in [2.05, 4.69) is 92.8 Å². The van der Waals surface area contributed by atoms with Gasteiger partial charge >= 0.3 is 0 Å². The molecule has 3 aromatic carbocycles. The van der Waals surface area contributed by atoms with Crippen molar-refractivity contribution in [3.8, 4) is 11.1 Å². The largest absolute Gasteiger partial charge is 0.861 e. The molecule has 37 heavy (non-hydrogen) atoms. The Kier molecular flexibility index (Phi) is 7.59. The zero-order chi connectivity index (χ0) is 25.8. The van der Waals surface area contributed by atoms with E-state index in [9.17, 15) is 5.11 Å². The molecule has 1 fully saturated rings. The topological polar surface area (TPSA) is 44.7 Å². The van der Waals surface area contributed by atoms with Crippen molar-refractivity contribution in [3.05, 3.63) is 95.1 Å². The fourth-order valence-electron chi connectivity index (χ4n) is 5.65. The first kappa shape index (κ1) is 25.4. The minimum absolute atomic E-state index is 0.0377. The second-order valence-electron chi connectivity index (χ2n) is 11.2. The number of fused-ring (bicyclic) bond motifs is 1. The highest BCUT2D eigenvalue weighted by molar-refractivity contribution is 5.79. The zero-order valence-corrected chi connectivity index (χ0v) is 22.3. The van der Waals surface area contributed by atoms with E-state index in [0.29, 0.717) is 18.9 Å². The quantitative estimate of drug-likeness (QED) is 0.237. The molecule has 1 atom stereocenters. The van der Waals surface area contributed by atoms with Gasteiger partial charge in [0.1, 0.15) is 6.54 Å². The summed E-state index contributed by atoms with van der Waals surface area (Å²) in [6.07, 6.45) is 7.91. The SMILES string of the molecule is Cc1ccc(-c2ccc3c(c2)CC(C([O-])=Nc2ccc(C[N+](C)(C)C4CCOCC4)cc2)CC=C3)cc1. The van der Waals surface area contributed by atoms with E-state index >= 15 is 0 Å². The Morgan fingerprint density at radius 1 is 0.946 bits per heavy atom. The summed E-state index contributed by atoms with van der Waals surface area (Å²) in [5.41, 5.74) is 8.07. The Hall–Kier alpha value is -3.21. The van der Waals surface area contributed by atoms with Crippen molar-refractivity contribution in [2.24, 2.45) is 10.9 Å². The van der Waals surface area contributed by atoms with E-state index in [1.165, 1.54) is 33.4 Å². The molecule has 1 aliphatic heterocycles. The fraction of sp³-hybridized carbons (Fsp3) is 0.364. The van der Waals surface area contributed by atoms with Gasteiger partial charge in [-0.3, -0.25) is 4.99 Å². The predicted octanol–water partition coefficient (Wildman–Crippen LogP) is 6.08. The molecule has 0 aromatic heterocycles. The molecule has 5 rings (SSSR count). The lowest BCUT2D eigenvalue weighted by molar-refractivity contribution is -0.929. The molecule has 0 saturated carbocycles. The number of allylic oxidation sites excluding steroid dienone is 1. The summed E-state index contributed by atoms with van der Waals surface area (Å²) in [4.78, 5) is 4.52. The summed E-state index contributed by atoms with van der Waals surface area (Å²) in [5, 5.41) is 13.2. The number of hydrogen-bond donors (Lipinski definition) is 0. The van der Waals surface area contributed by atoms with E-state index in [0.717, 1.165) is 42.8 Å². The van der Waals surface area contributed by atoms with E-state index < -0.39 is 0 Å². The Balaban J connectivity index is 1.28. The summed E-state index contributed by atoms with van der Waals surface area (Å²) in [5.74, 6) is -0.182. The molecule has 2 aliphatic rings. The number of quaternary nitrogens is 1. The van der Waals surface area contributed by atoms with E-state index in [4.69, 9.17) is 4.74 Å². The van der Waals surface area contributed by atoms with Gasteiger partial charge in [-0.15, -0.1) is 0 Å². The summed E-state index contributed by atoms with van der Waals surface area (Å²) in [6, 6.07) is 24.0. The summed E-state index contributed by atoms with van der Waals surface area (Å²) < 4.78 is 6.50.